The standard InChI is InChI=1S/C15H18N4O5S/c1-10(9-24-2)19-25(22,23)12-5-3-11(4-6-12)16-15(21)13-7-8-14(20)18-17-13/h3-8,10,19H,9H2,1-2H3,(H,16,21)(H,18,20). The van der Waals surface area contributed by atoms with Crippen LogP contribution in [-0.2, 0) is 14.8 Å². The van der Waals surface area contributed by atoms with Crippen molar-refractivity contribution in [1.82, 2.24) is 14.9 Å². The summed E-state index contributed by atoms with van der Waals surface area (Å²) in [5.74, 6) is -0.529. The molecule has 134 valence electrons. The lowest BCUT2D eigenvalue weighted by molar-refractivity contribution is 0.102. The minimum absolute atomic E-state index is 0.0337. The van der Waals surface area contributed by atoms with E-state index < -0.39 is 21.5 Å². The Kier molecular flexibility index (Phi) is 6.02. The third-order valence-corrected chi connectivity index (χ3v) is 4.71. The molecule has 1 atom stereocenters. The molecule has 0 saturated carbocycles. The number of hydrogen-bond acceptors (Lipinski definition) is 6. The van der Waals surface area contributed by atoms with Gasteiger partial charge in [0.05, 0.1) is 11.5 Å². The van der Waals surface area contributed by atoms with E-state index in [-0.39, 0.29) is 23.2 Å². The van der Waals surface area contributed by atoms with Gasteiger partial charge in [-0.25, -0.2) is 18.2 Å². The lowest BCUT2D eigenvalue weighted by Crippen LogP contribution is -2.35. The van der Waals surface area contributed by atoms with E-state index in [0.29, 0.717) is 5.69 Å². The molecule has 3 N–H and O–H groups in total. The van der Waals surface area contributed by atoms with Crippen LogP contribution in [0.5, 0.6) is 0 Å². The number of nitrogens with one attached hydrogen (secondary N) is 3. The molecule has 1 aromatic heterocycles. The predicted molar refractivity (Wildman–Crippen MR) is 90.9 cm³/mol. The number of benzene rings is 1. The Morgan fingerprint density at radius 1 is 1.24 bits per heavy atom. The molecule has 0 bridgehead atoms. The average molecular weight is 366 g/mol. The van der Waals surface area contributed by atoms with Gasteiger partial charge in [-0.2, -0.15) is 5.10 Å². The third kappa shape index (κ3) is 5.21. The van der Waals surface area contributed by atoms with Crippen LogP contribution in [0.3, 0.4) is 0 Å². The van der Waals surface area contributed by atoms with E-state index in [0.717, 1.165) is 0 Å². The minimum atomic E-state index is -3.68. The van der Waals surface area contributed by atoms with Crippen molar-refractivity contribution in [2.75, 3.05) is 19.0 Å². The first-order valence-electron chi connectivity index (χ1n) is 7.30. The molecular formula is C15H18N4O5S. The highest BCUT2D eigenvalue weighted by molar-refractivity contribution is 7.89. The highest BCUT2D eigenvalue weighted by Gasteiger charge is 2.17. The zero-order valence-electron chi connectivity index (χ0n) is 13.6. The molecule has 0 aliphatic rings. The number of anilines is 1. The monoisotopic (exact) mass is 366 g/mol. The molecule has 1 heterocycles. The van der Waals surface area contributed by atoms with Crippen LogP contribution in [0.1, 0.15) is 17.4 Å². The Morgan fingerprint density at radius 3 is 2.48 bits per heavy atom. The van der Waals surface area contributed by atoms with Crippen molar-refractivity contribution in [3.63, 3.8) is 0 Å². The maximum Gasteiger partial charge on any atom is 0.276 e. The smallest absolute Gasteiger partial charge is 0.276 e. The summed E-state index contributed by atoms with van der Waals surface area (Å²) in [7, 11) is -2.19. The fourth-order valence-corrected chi connectivity index (χ4v) is 3.23. The normalized spacial score (nSPS) is 12.6. The number of sulfonamides is 1. The lowest BCUT2D eigenvalue weighted by atomic mass is 10.3. The molecule has 0 spiro atoms. The maximum absolute atomic E-state index is 12.2. The number of rotatable bonds is 7. The molecule has 10 heteroatoms. The molecule has 2 rings (SSSR count). The second-order valence-corrected chi connectivity index (χ2v) is 6.98. The zero-order chi connectivity index (χ0) is 18.4. The zero-order valence-corrected chi connectivity index (χ0v) is 14.5. The molecular weight excluding hydrogens is 348 g/mol. The van der Waals surface area contributed by atoms with Crippen LogP contribution in [0.2, 0.25) is 0 Å². The molecule has 1 amide bonds. The highest BCUT2D eigenvalue weighted by Crippen LogP contribution is 2.15. The fraction of sp³-hybridized carbons (Fsp3) is 0.267. The predicted octanol–water partition coefficient (Wildman–Crippen LogP) is 0.335. The van der Waals surface area contributed by atoms with Gasteiger partial charge >= 0.3 is 0 Å². The van der Waals surface area contributed by atoms with Crippen LogP contribution in [0.15, 0.2) is 46.1 Å². The van der Waals surface area contributed by atoms with Crippen LogP contribution in [0.4, 0.5) is 5.69 Å². The van der Waals surface area contributed by atoms with E-state index in [1.165, 1.54) is 43.5 Å². The number of amides is 1. The summed E-state index contributed by atoms with van der Waals surface area (Å²) in [6.07, 6.45) is 0. The number of aromatic amines is 1. The number of H-pyrrole nitrogens is 1. The van der Waals surface area contributed by atoms with Crippen LogP contribution in [-0.4, -0.2) is 44.3 Å². The Labute approximate surface area is 144 Å². The highest BCUT2D eigenvalue weighted by atomic mass is 32.2. The van der Waals surface area contributed by atoms with Gasteiger partial charge in [0.25, 0.3) is 11.5 Å². The fourth-order valence-electron chi connectivity index (χ4n) is 2.00. The van der Waals surface area contributed by atoms with Gasteiger partial charge in [0.1, 0.15) is 5.69 Å². The van der Waals surface area contributed by atoms with Crippen LogP contribution in [0.25, 0.3) is 0 Å². The molecule has 0 aliphatic carbocycles. The van der Waals surface area contributed by atoms with Crippen LogP contribution < -0.4 is 15.6 Å². The molecule has 9 nitrogen and oxygen atoms in total. The second-order valence-electron chi connectivity index (χ2n) is 5.26. The summed E-state index contributed by atoms with van der Waals surface area (Å²) in [4.78, 5) is 23.0. The molecule has 0 radical (unpaired) electrons. The van der Waals surface area contributed by atoms with Gasteiger partial charge in [0.2, 0.25) is 10.0 Å². The van der Waals surface area contributed by atoms with E-state index in [1.54, 1.807) is 6.92 Å². The van der Waals surface area contributed by atoms with E-state index >= 15 is 0 Å². The molecule has 25 heavy (non-hydrogen) atoms. The number of nitrogens with zero attached hydrogens (tertiary/aromatic N) is 1. The van der Waals surface area contributed by atoms with E-state index in [4.69, 9.17) is 4.74 Å². The van der Waals surface area contributed by atoms with Gasteiger partial charge < -0.3 is 10.1 Å². The largest absolute Gasteiger partial charge is 0.383 e. The van der Waals surface area contributed by atoms with Gasteiger partial charge in [-0.3, -0.25) is 9.59 Å². The summed E-state index contributed by atoms with van der Waals surface area (Å²) in [6.45, 7) is 1.94. The number of ether oxygens (including phenoxy) is 1. The SMILES string of the molecule is COCC(C)NS(=O)(=O)c1ccc(NC(=O)c2ccc(=O)[nH]n2)cc1. The Bertz CT molecular complexity index is 872. The van der Waals surface area contributed by atoms with Gasteiger partial charge in [-0.1, -0.05) is 0 Å². The summed E-state index contributed by atoms with van der Waals surface area (Å²) in [6, 6.07) is 7.76. The second kappa shape index (κ2) is 8.01. The van der Waals surface area contributed by atoms with Gasteiger partial charge in [0.15, 0.2) is 0 Å². The quantitative estimate of drug-likeness (QED) is 0.648. The number of methoxy groups -OCH3 is 1. The molecule has 0 aliphatic heterocycles. The topological polar surface area (TPSA) is 130 Å². The minimum Gasteiger partial charge on any atom is -0.383 e. The number of carbonyl (C=O) groups is 1. The van der Waals surface area contributed by atoms with Crippen molar-refractivity contribution in [1.29, 1.82) is 0 Å². The molecule has 0 fully saturated rings. The van der Waals surface area contributed by atoms with Crippen molar-refractivity contribution in [2.45, 2.75) is 17.9 Å². The summed E-state index contributed by atoms with van der Waals surface area (Å²) in [5.41, 5.74) is 0.00885. The van der Waals surface area contributed by atoms with Gasteiger partial charge in [-0.15, -0.1) is 0 Å². The molecule has 0 saturated heterocycles. The lowest BCUT2D eigenvalue weighted by Gasteiger charge is -2.13. The van der Waals surface area contributed by atoms with E-state index in [9.17, 15) is 18.0 Å². The van der Waals surface area contributed by atoms with E-state index in [1.807, 2.05) is 0 Å². The summed E-state index contributed by atoms with van der Waals surface area (Å²) >= 11 is 0. The van der Waals surface area contributed by atoms with Gasteiger partial charge in [-0.05, 0) is 37.3 Å². The van der Waals surface area contributed by atoms with Crippen LogP contribution in [0, 0.1) is 0 Å². The Morgan fingerprint density at radius 2 is 1.92 bits per heavy atom. The summed E-state index contributed by atoms with van der Waals surface area (Å²) in [5, 5.41) is 8.33. The first kappa shape index (κ1) is 18.8. The number of aromatic nitrogens is 2. The molecule has 1 aromatic carbocycles. The van der Waals surface area contributed by atoms with E-state index in [2.05, 4.69) is 20.2 Å². The Balaban J connectivity index is 2.07. The first-order chi connectivity index (χ1) is 11.8. The Hall–Kier alpha value is -2.56. The first-order valence-corrected chi connectivity index (χ1v) is 8.78. The molecule has 2 aromatic rings. The van der Waals surface area contributed by atoms with Crippen molar-refractivity contribution < 1.29 is 17.9 Å². The number of hydrogen-bond donors (Lipinski definition) is 3. The van der Waals surface area contributed by atoms with Crippen LogP contribution >= 0.6 is 0 Å². The number of carbonyl (C=O) groups excluding carboxylic acids is 1. The molecule has 1 unspecified atom stereocenters. The maximum atomic E-state index is 12.2. The summed E-state index contributed by atoms with van der Waals surface area (Å²) < 4.78 is 31.8. The van der Waals surface area contributed by atoms with Gasteiger partial charge in [0, 0.05) is 24.9 Å². The van der Waals surface area contributed by atoms with Crippen molar-refractivity contribution in [3.8, 4) is 0 Å². The average Bonchev–Trinajstić information content (AvgIpc) is 2.55. The third-order valence-electron chi connectivity index (χ3n) is 3.11. The van der Waals surface area contributed by atoms with Crippen molar-refractivity contribution >= 4 is 21.6 Å². The van der Waals surface area contributed by atoms with Crippen molar-refractivity contribution in [2.24, 2.45) is 0 Å². The van der Waals surface area contributed by atoms with Crippen molar-refractivity contribution in [3.05, 3.63) is 52.4 Å².